The number of nitrogens with zero attached hydrogens (tertiary/aromatic N) is 1. The molecule has 1 aliphatic rings. The number of aryl methyl sites for hydroxylation is 1. The van der Waals surface area contributed by atoms with Crippen LogP contribution >= 0.6 is 34.4 Å². The zero-order valence-electron chi connectivity index (χ0n) is 18.5. The fourth-order valence-corrected chi connectivity index (χ4v) is 4.64. The van der Waals surface area contributed by atoms with E-state index in [0.29, 0.717) is 22.6 Å². The largest absolute Gasteiger partial charge is 0.423 e. The molecule has 1 saturated heterocycles. The number of esters is 1. The molecular formula is C26H19IN2O5S. The minimum absolute atomic E-state index is 0.210. The molecule has 3 amide bonds. The topological polar surface area (TPSA) is 92.8 Å². The van der Waals surface area contributed by atoms with Crippen LogP contribution in [-0.4, -0.2) is 34.5 Å². The number of hydrogen-bond acceptors (Lipinski definition) is 6. The second kappa shape index (κ2) is 10.9. The Morgan fingerprint density at radius 3 is 2.37 bits per heavy atom. The number of halogens is 1. The van der Waals surface area contributed by atoms with Crippen LogP contribution in [0.15, 0.2) is 77.7 Å². The molecule has 1 N–H and O–H groups in total. The summed E-state index contributed by atoms with van der Waals surface area (Å²) in [6.07, 6.45) is 1.56. The third kappa shape index (κ3) is 6.17. The van der Waals surface area contributed by atoms with Crippen molar-refractivity contribution in [2.75, 3.05) is 11.9 Å². The Kier molecular flexibility index (Phi) is 7.67. The fourth-order valence-electron chi connectivity index (χ4n) is 3.19. The summed E-state index contributed by atoms with van der Waals surface area (Å²) in [6.45, 7) is 1.56. The smallest absolute Gasteiger partial charge is 0.344 e. The summed E-state index contributed by atoms with van der Waals surface area (Å²) in [5.41, 5.74) is 2.76. The van der Waals surface area contributed by atoms with Crippen molar-refractivity contribution in [2.45, 2.75) is 6.92 Å². The Labute approximate surface area is 219 Å². The number of nitrogens with one attached hydrogen (secondary N) is 1. The minimum Gasteiger partial charge on any atom is -0.423 e. The summed E-state index contributed by atoms with van der Waals surface area (Å²) in [4.78, 5) is 50.9. The third-order valence-corrected chi connectivity index (χ3v) is 6.84. The van der Waals surface area contributed by atoms with E-state index in [0.717, 1.165) is 25.8 Å². The Hall–Kier alpha value is -3.44. The Balaban J connectivity index is 1.38. The number of carbonyl (C=O) groups is 4. The zero-order valence-corrected chi connectivity index (χ0v) is 21.5. The van der Waals surface area contributed by atoms with E-state index >= 15 is 0 Å². The van der Waals surface area contributed by atoms with Gasteiger partial charge in [0.15, 0.2) is 0 Å². The zero-order chi connectivity index (χ0) is 24.9. The summed E-state index contributed by atoms with van der Waals surface area (Å²) >= 11 is 2.84. The standard InChI is InChI=1S/C26H19IN2O5S/c1-16-6-10-18(11-7-16)28-23(30)15-29-24(31)22(35-26(29)33)14-17-8-12-19(13-9-17)34-25(32)20-4-2-3-5-21(20)27/h2-14H,15H2,1H3,(H,28,30)/b22-14-. The van der Waals surface area contributed by atoms with Crippen molar-refractivity contribution in [3.05, 3.63) is 98.0 Å². The number of ether oxygens (including phenoxy) is 1. The van der Waals surface area contributed by atoms with Gasteiger partial charge in [-0.3, -0.25) is 19.3 Å². The number of carbonyl (C=O) groups excluding carboxylic acids is 4. The first-order chi connectivity index (χ1) is 16.8. The number of anilines is 1. The predicted octanol–water partition coefficient (Wildman–Crippen LogP) is 5.49. The predicted molar refractivity (Wildman–Crippen MR) is 143 cm³/mol. The molecule has 176 valence electrons. The lowest BCUT2D eigenvalue weighted by atomic mass is 10.2. The lowest BCUT2D eigenvalue weighted by Gasteiger charge is -2.12. The van der Waals surface area contributed by atoms with Gasteiger partial charge in [0, 0.05) is 9.26 Å². The molecule has 1 fully saturated rings. The van der Waals surface area contributed by atoms with Gasteiger partial charge in [-0.15, -0.1) is 0 Å². The highest BCUT2D eigenvalue weighted by atomic mass is 127. The first-order valence-corrected chi connectivity index (χ1v) is 12.4. The maximum atomic E-state index is 12.7. The molecule has 7 nitrogen and oxygen atoms in total. The number of amides is 3. The number of thioether (sulfide) groups is 1. The molecule has 3 aromatic carbocycles. The van der Waals surface area contributed by atoms with Crippen molar-refractivity contribution in [1.29, 1.82) is 0 Å². The molecule has 3 aromatic rings. The summed E-state index contributed by atoms with van der Waals surface area (Å²) < 4.78 is 6.20. The van der Waals surface area contributed by atoms with E-state index in [-0.39, 0.29) is 11.4 Å². The second-order valence-corrected chi connectivity index (χ2v) is 9.78. The summed E-state index contributed by atoms with van der Waals surface area (Å²) in [7, 11) is 0. The Morgan fingerprint density at radius 2 is 1.69 bits per heavy atom. The molecule has 0 radical (unpaired) electrons. The van der Waals surface area contributed by atoms with Crippen molar-refractivity contribution in [3.8, 4) is 5.75 Å². The molecular weight excluding hydrogens is 579 g/mol. The number of benzene rings is 3. The normalized spacial score (nSPS) is 14.3. The van der Waals surface area contributed by atoms with E-state index in [1.165, 1.54) is 0 Å². The molecule has 0 bridgehead atoms. The van der Waals surface area contributed by atoms with Gasteiger partial charge in [-0.1, -0.05) is 42.0 Å². The third-order valence-electron chi connectivity index (χ3n) is 4.99. The second-order valence-electron chi connectivity index (χ2n) is 7.62. The van der Waals surface area contributed by atoms with E-state index in [2.05, 4.69) is 27.9 Å². The molecule has 35 heavy (non-hydrogen) atoms. The molecule has 0 spiro atoms. The van der Waals surface area contributed by atoms with Crippen LogP contribution in [0.5, 0.6) is 5.75 Å². The van der Waals surface area contributed by atoms with Gasteiger partial charge < -0.3 is 10.1 Å². The minimum atomic E-state index is -0.534. The summed E-state index contributed by atoms with van der Waals surface area (Å²) in [6, 6.07) is 20.9. The highest BCUT2D eigenvalue weighted by molar-refractivity contribution is 14.1. The quantitative estimate of drug-likeness (QED) is 0.175. The monoisotopic (exact) mass is 598 g/mol. The van der Waals surface area contributed by atoms with Gasteiger partial charge in [-0.2, -0.15) is 0 Å². The lowest BCUT2D eigenvalue weighted by molar-refractivity contribution is -0.127. The van der Waals surface area contributed by atoms with Crippen LogP contribution in [-0.2, 0) is 9.59 Å². The van der Waals surface area contributed by atoms with Crippen LogP contribution in [0.25, 0.3) is 6.08 Å². The Morgan fingerprint density at radius 1 is 1.00 bits per heavy atom. The van der Waals surface area contributed by atoms with Gasteiger partial charge in [0.25, 0.3) is 11.1 Å². The van der Waals surface area contributed by atoms with E-state index < -0.39 is 23.0 Å². The molecule has 0 aromatic heterocycles. The number of imide groups is 1. The average Bonchev–Trinajstić information content (AvgIpc) is 3.09. The molecule has 0 atom stereocenters. The molecule has 0 unspecified atom stereocenters. The van der Waals surface area contributed by atoms with E-state index in [1.54, 1.807) is 54.6 Å². The van der Waals surface area contributed by atoms with E-state index in [4.69, 9.17) is 4.74 Å². The van der Waals surface area contributed by atoms with E-state index in [1.807, 2.05) is 31.2 Å². The molecule has 1 aliphatic heterocycles. The lowest BCUT2D eigenvalue weighted by Crippen LogP contribution is -2.36. The van der Waals surface area contributed by atoms with Crippen LogP contribution < -0.4 is 10.1 Å². The number of rotatable bonds is 6. The highest BCUT2D eigenvalue weighted by Gasteiger charge is 2.36. The van der Waals surface area contributed by atoms with E-state index in [9.17, 15) is 19.2 Å². The van der Waals surface area contributed by atoms with Crippen molar-refractivity contribution in [3.63, 3.8) is 0 Å². The summed E-state index contributed by atoms with van der Waals surface area (Å²) in [5, 5.41) is 2.17. The summed E-state index contributed by atoms with van der Waals surface area (Å²) in [5.74, 6) is -1.11. The van der Waals surface area contributed by atoms with Gasteiger partial charge in [0.05, 0.1) is 10.5 Å². The first-order valence-electron chi connectivity index (χ1n) is 10.5. The maximum Gasteiger partial charge on any atom is 0.344 e. The van der Waals surface area contributed by atoms with Crippen LogP contribution in [0.3, 0.4) is 0 Å². The Bertz CT molecular complexity index is 1340. The molecule has 9 heteroatoms. The van der Waals surface area contributed by atoms with Crippen molar-refractivity contribution in [1.82, 2.24) is 4.90 Å². The van der Waals surface area contributed by atoms with Crippen molar-refractivity contribution < 1.29 is 23.9 Å². The number of hydrogen-bond donors (Lipinski definition) is 1. The fraction of sp³-hybridized carbons (Fsp3) is 0.0769. The van der Waals surface area contributed by atoms with Crippen LogP contribution in [0.4, 0.5) is 10.5 Å². The highest BCUT2D eigenvalue weighted by Crippen LogP contribution is 2.32. The average molecular weight is 598 g/mol. The van der Waals surface area contributed by atoms with Crippen molar-refractivity contribution >= 4 is 69.1 Å². The van der Waals surface area contributed by atoms with Gasteiger partial charge in [0.1, 0.15) is 12.3 Å². The van der Waals surface area contributed by atoms with Crippen molar-refractivity contribution in [2.24, 2.45) is 0 Å². The van der Waals surface area contributed by atoms with Crippen LogP contribution in [0.1, 0.15) is 21.5 Å². The molecule has 0 aliphatic carbocycles. The van der Waals surface area contributed by atoms with Gasteiger partial charge in [-0.25, -0.2) is 4.79 Å². The van der Waals surface area contributed by atoms with Crippen LogP contribution in [0, 0.1) is 10.5 Å². The SMILES string of the molecule is Cc1ccc(NC(=O)CN2C(=O)S/C(=C\c3ccc(OC(=O)c4ccccc4I)cc3)C2=O)cc1. The van der Waals surface area contributed by atoms with Crippen LogP contribution in [0.2, 0.25) is 0 Å². The molecule has 0 saturated carbocycles. The molecule has 1 heterocycles. The van der Waals surface area contributed by atoms with Gasteiger partial charge in [0.2, 0.25) is 5.91 Å². The van der Waals surface area contributed by atoms with Gasteiger partial charge in [-0.05, 0) is 89.3 Å². The molecule has 4 rings (SSSR count). The maximum absolute atomic E-state index is 12.7. The first kappa shape index (κ1) is 24.7. The van der Waals surface area contributed by atoms with Gasteiger partial charge >= 0.3 is 5.97 Å².